The topological polar surface area (TPSA) is 71.8 Å². The first-order chi connectivity index (χ1) is 16.8. The molecule has 0 saturated heterocycles. The van der Waals surface area contributed by atoms with E-state index in [-0.39, 0.29) is 6.03 Å². The molecule has 8 heteroatoms. The molecule has 4 aromatic rings. The summed E-state index contributed by atoms with van der Waals surface area (Å²) < 4.78 is 1.98. The van der Waals surface area contributed by atoms with Crippen molar-refractivity contribution in [2.24, 2.45) is 0 Å². The number of thioether (sulfide) groups is 1. The van der Waals surface area contributed by atoms with Crippen molar-refractivity contribution in [3.8, 4) is 5.69 Å². The molecule has 0 fully saturated rings. The van der Waals surface area contributed by atoms with Crippen LogP contribution in [0.1, 0.15) is 41.0 Å². The summed E-state index contributed by atoms with van der Waals surface area (Å²) in [5.41, 5.74) is 6.03. The Labute approximate surface area is 215 Å². The van der Waals surface area contributed by atoms with Gasteiger partial charge in [0.15, 0.2) is 11.0 Å². The SMILES string of the molecule is Cc1ccc(NC(=O)NC(C)c2nnc(SCc3ccccc3)n2-c2cc(Cl)ccc2C)c(C)c1. The molecule has 0 bridgehead atoms. The fourth-order valence-electron chi connectivity index (χ4n) is 3.80. The van der Waals surface area contributed by atoms with Crippen LogP contribution in [0.15, 0.2) is 71.9 Å². The molecule has 1 aromatic heterocycles. The van der Waals surface area contributed by atoms with Crippen LogP contribution >= 0.6 is 23.4 Å². The van der Waals surface area contributed by atoms with Crippen LogP contribution < -0.4 is 10.6 Å². The van der Waals surface area contributed by atoms with Crippen LogP contribution in [-0.2, 0) is 5.75 Å². The van der Waals surface area contributed by atoms with E-state index in [2.05, 4.69) is 33.0 Å². The number of rotatable bonds is 7. The first-order valence-corrected chi connectivity index (χ1v) is 12.7. The van der Waals surface area contributed by atoms with Gasteiger partial charge in [0.1, 0.15) is 0 Å². The number of aromatic nitrogens is 3. The molecular weight excluding hydrogens is 478 g/mol. The van der Waals surface area contributed by atoms with Crippen LogP contribution in [0.3, 0.4) is 0 Å². The van der Waals surface area contributed by atoms with Crippen LogP contribution in [0, 0.1) is 20.8 Å². The molecule has 0 aliphatic carbocycles. The van der Waals surface area contributed by atoms with E-state index < -0.39 is 6.04 Å². The quantitative estimate of drug-likeness (QED) is 0.265. The Hall–Kier alpha value is -3.29. The second-order valence-corrected chi connectivity index (χ2v) is 9.90. The lowest BCUT2D eigenvalue weighted by atomic mass is 10.1. The highest BCUT2D eigenvalue weighted by molar-refractivity contribution is 7.98. The number of carbonyl (C=O) groups excluding carboxylic acids is 1. The Kier molecular flexibility index (Phi) is 7.78. The number of aryl methyl sites for hydroxylation is 3. The number of halogens is 1. The number of hydrogen-bond acceptors (Lipinski definition) is 4. The highest BCUT2D eigenvalue weighted by Crippen LogP contribution is 2.30. The van der Waals surface area contributed by atoms with E-state index in [1.54, 1.807) is 11.8 Å². The molecule has 0 spiro atoms. The van der Waals surface area contributed by atoms with Crippen LogP contribution in [0.5, 0.6) is 0 Å². The van der Waals surface area contributed by atoms with Crippen molar-refractivity contribution in [1.82, 2.24) is 20.1 Å². The number of benzene rings is 3. The number of amides is 2. The van der Waals surface area contributed by atoms with Gasteiger partial charge in [-0.05, 0) is 62.6 Å². The molecule has 6 nitrogen and oxygen atoms in total. The van der Waals surface area contributed by atoms with Crippen LogP contribution in [0.25, 0.3) is 5.69 Å². The first kappa shape index (κ1) is 24.8. The van der Waals surface area contributed by atoms with Crippen LogP contribution in [0.2, 0.25) is 5.02 Å². The Morgan fingerprint density at radius 1 is 1.00 bits per heavy atom. The molecule has 3 aromatic carbocycles. The van der Waals surface area contributed by atoms with Gasteiger partial charge in [-0.3, -0.25) is 4.57 Å². The van der Waals surface area contributed by atoms with E-state index in [9.17, 15) is 4.79 Å². The van der Waals surface area contributed by atoms with Crippen molar-refractivity contribution in [3.05, 3.63) is 99.8 Å². The maximum atomic E-state index is 12.8. The zero-order valence-electron chi connectivity index (χ0n) is 20.2. The van der Waals surface area contributed by atoms with Gasteiger partial charge < -0.3 is 10.6 Å². The van der Waals surface area contributed by atoms with E-state index in [1.165, 1.54) is 5.56 Å². The molecule has 1 heterocycles. The Morgan fingerprint density at radius 2 is 1.77 bits per heavy atom. The third-order valence-corrected chi connectivity index (χ3v) is 6.88. The van der Waals surface area contributed by atoms with Gasteiger partial charge in [-0.25, -0.2) is 4.79 Å². The molecule has 180 valence electrons. The molecule has 0 aliphatic rings. The molecule has 1 atom stereocenters. The van der Waals surface area contributed by atoms with E-state index >= 15 is 0 Å². The number of nitrogens with zero attached hydrogens (tertiary/aromatic N) is 3. The molecule has 2 N–H and O–H groups in total. The number of carbonyl (C=O) groups is 1. The normalized spacial score (nSPS) is 11.8. The number of hydrogen-bond donors (Lipinski definition) is 2. The van der Waals surface area contributed by atoms with Crippen molar-refractivity contribution < 1.29 is 4.79 Å². The van der Waals surface area contributed by atoms with Gasteiger partial charge in [-0.2, -0.15) is 0 Å². The molecule has 0 aliphatic heterocycles. The predicted molar refractivity (Wildman–Crippen MR) is 144 cm³/mol. The third kappa shape index (κ3) is 6.05. The van der Waals surface area contributed by atoms with Crippen molar-refractivity contribution in [1.29, 1.82) is 0 Å². The standard InChI is InChI=1S/C27H28ClN5OS/c1-17-10-13-23(19(3)14-17)30-26(34)29-20(4)25-31-32-27(35-16-21-8-6-5-7-9-21)33(25)24-15-22(28)12-11-18(24)2/h5-15,20H,16H2,1-4H3,(H2,29,30,34). The minimum absolute atomic E-state index is 0.305. The van der Waals surface area contributed by atoms with E-state index in [1.807, 2.05) is 86.9 Å². The maximum absolute atomic E-state index is 12.8. The summed E-state index contributed by atoms with van der Waals surface area (Å²) >= 11 is 7.94. The zero-order chi connectivity index (χ0) is 24.9. The number of anilines is 1. The average molecular weight is 506 g/mol. The van der Waals surface area contributed by atoms with Gasteiger partial charge in [0, 0.05) is 16.5 Å². The Morgan fingerprint density at radius 3 is 2.51 bits per heavy atom. The molecule has 2 amide bonds. The van der Waals surface area contributed by atoms with E-state index in [0.717, 1.165) is 39.0 Å². The van der Waals surface area contributed by atoms with Gasteiger partial charge in [0.25, 0.3) is 0 Å². The highest BCUT2D eigenvalue weighted by Gasteiger charge is 2.22. The Balaban J connectivity index is 1.61. The summed E-state index contributed by atoms with van der Waals surface area (Å²) in [6.07, 6.45) is 0. The fourth-order valence-corrected chi connectivity index (χ4v) is 4.87. The molecule has 0 radical (unpaired) electrons. The zero-order valence-corrected chi connectivity index (χ0v) is 21.7. The molecule has 1 unspecified atom stereocenters. The Bertz CT molecular complexity index is 1340. The number of urea groups is 1. The third-order valence-electron chi connectivity index (χ3n) is 5.65. The van der Waals surface area contributed by atoms with E-state index in [0.29, 0.717) is 10.8 Å². The van der Waals surface area contributed by atoms with Crippen molar-refractivity contribution in [3.63, 3.8) is 0 Å². The van der Waals surface area contributed by atoms with Gasteiger partial charge in [-0.1, -0.05) is 77.5 Å². The summed E-state index contributed by atoms with van der Waals surface area (Å²) in [6, 6.07) is 21.2. The van der Waals surface area contributed by atoms with Crippen molar-refractivity contribution >= 4 is 35.1 Å². The van der Waals surface area contributed by atoms with Gasteiger partial charge in [-0.15, -0.1) is 10.2 Å². The largest absolute Gasteiger partial charge is 0.328 e. The average Bonchev–Trinajstić information content (AvgIpc) is 3.25. The van der Waals surface area contributed by atoms with E-state index in [4.69, 9.17) is 11.6 Å². The van der Waals surface area contributed by atoms with Gasteiger partial charge in [0.2, 0.25) is 0 Å². The highest BCUT2D eigenvalue weighted by atomic mass is 35.5. The second kappa shape index (κ2) is 11.0. The molecule has 4 rings (SSSR count). The molecule has 35 heavy (non-hydrogen) atoms. The van der Waals surface area contributed by atoms with Gasteiger partial charge >= 0.3 is 6.03 Å². The summed E-state index contributed by atoms with van der Waals surface area (Å²) in [5, 5.41) is 16.2. The number of nitrogens with one attached hydrogen (secondary N) is 2. The molecule has 0 saturated carbocycles. The monoisotopic (exact) mass is 505 g/mol. The van der Waals surface area contributed by atoms with Crippen LogP contribution in [0.4, 0.5) is 10.5 Å². The minimum atomic E-state index is -0.405. The van der Waals surface area contributed by atoms with Crippen molar-refractivity contribution in [2.45, 2.75) is 44.6 Å². The van der Waals surface area contributed by atoms with Crippen molar-refractivity contribution in [2.75, 3.05) is 5.32 Å². The lowest BCUT2D eigenvalue weighted by Gasteiger charge is -2.18. The summed E-state index contributed by atoms with van der Waals surface area (Å²) in [5.74, 6) is 1.37. The lowest BCUT2D eigenvalue weighted by molar-refractivity contribution is 0.248. The first-order valence-electron chi connectivity index (χ1n) is 11.3. The van der Waals surface area contributed by atoms with Crippen LogP contribution in [-0.4, -0.2) is 20.8 Å². The predicted octanol–water partition coefficient (Wildman–Crippen LogP) is 7.02. The molecular formula is C27H28ClN5OS. The summed E-state index contributed by atoms with van der Waals surface area (Å²) in [4.78, 5) is 12.8. The second-order valence-electron chi connectivity index (χ2n) is 8.52. The summed E-state index contributed by atoms with van der Waals surface area (Å²) in [6.45, 7) is 7.91. The fraction of sp³-hybridized carbons (Fsp3) is 0.222. The maximum Gasteiger partial charge on any atom is 0.319 e. The van der Waals surface area contributed by atoms with Gasteiger partial charge in [0.05, 0.1) is 11.7 Å². The smallest absolute Gasteiger partial charge is 0.319 e. The lowest BCUT2D eigenvalue weighted by Crippen LogP contribution is -2.32. The minimum Gasteiger partial charge on any atom is -0.328 e. The summed E-state index contributed by atoms with van der Waals surface area (Å²) in [7, 11) is 0.